The smallest absolute Gasteiger partial charge is 0.410 e. The Morgan fingerprint density at radius 2 is 1.82 bits per heavy atom. The van der Waals surface area contributed by atoms with E-state index in [1.54, 1.807) is 26.8 Å². The number of hydrogen-bond donors (Lipinski definition) is 1. The topological polar surface area (TPSA) is 93.5 Å². The summed E-state index contributed by atoms with van der Waals surface area (Å²) in [5.74, 6) is -3.62. The van der Waals surface area contributed by atoms with Crippen LogP contribution in [0.4, 0.5) is 22.4 Å². The normalized spacial score (nSPS) is 17.8. The van der Waals surface area contributed by atoms with Gasteiger partial charge in [0.25, 0.3) is 11.5 Å². The summed E-state index contributed by atoms with van der Waals surface area (Å²) in [5.41, 5.74) is -1.82. The molecule has 0 spiro atoms. The van der Waals surface area contributed by atoms with Gasteiger partial charge in [0, 0.05) is 18.7 Å². The highest BCUT2D eigenvalue weighted by atomic mass is 35.5. The fraction of sp³-hybridized carbons (Fsp3) is 0.360. The van der Waals surface area contributed by atoms with Crippen LogP contribution < -0.4 is 10.9 Å². The molecule has 1 fully saturated rings. The molecule has 38 heavy (non-hydrogen) atoms. The van der Waals surface area contributed by atoms with E-state index < -0.39 is 53.3 Å². The molecule has 4 rings (SSSR count). The zero-order chi connectivity index (χ0) is 27.9. The summed E-state index contributed by atoms with van der Waals surface area (Å²) in [6, 6.07) is 4.83. The zero-order valence-corrected chi connectivity index (χ0v) is 21.2. The molecule has 1 aliphatic heterocycles. The Bertz CT molecular complexity index is 1450. The molecular formula is C25H23ClF4N4O4. The minimum absolute atomic E-state index is 0.0352. The molecule has 2 amide bonds. The minimum Gasteiger partial charge on any atom is -0.444 e. The first kappa shape index (κ1) is 27.4. The van der Waals surface area contributed by atoms with E-state index in [1.807, 2.05) is 0 Å². The zero-order valence-electron chi connectivity index (χ0n) is 20.5. The van der Waals surface area contributed by atoms with Crippen molar-refractivity contribution in [2.75, 3.05) is 6.54 Å². The van der Waals surface area contributed by atoms with E-state index in [-0.39, 0.29) is 40.4 Å². The highest BCUT2D eigenvalue weighted by Crippen LogP contribution is 2.35. The van der Waals surface area contributed by atoms with Gasteiger partial charge in [-0.1, -0.05) is 17.7 Å². The molecule has 2 aromatic carbocycles. The third kappa shape index (κ3) is 5.59. The number of alkyl halides is 2. The lowest BCUT2D eigenvalue weighted by molar-refractivity contribution is -0.132. The molecular weight excluding hydrogens is 532 g/mol. The summed E-state index contributed by atoms with van der Waals surface area (Å²) in [6.45, 7) is 4.61. The molecule has 1 N–H and O–H groups in total. The highest BCUT2D eigenvalue weighted by molar-refractivity contribution is 6.35. The maximum Gasteiger partial charge on any atom is 0.410 e. The number of halogens is 5. The molecule has 2 heterocycles. The lowest BCUT2D eigenvalue weighted by Crippen LogP contribution is -2.42. The van der Waals surface area contributed by atoms with Gasteiger partial charge in [-0.3, -0.25) is 19.1 Å². The summed E-state index contributed by atoms with van der Waals surface area (Å²) in [4.78, 5) is 44.2. The predicted molar refractivity (Wildman–Crippen MR) is 130 cm³/mol. The Morgan fingerprint density at radius 1 is 1.16 bits per heavy atom. The van der Waals surface area contributed by atoms with E-state index in [2.05, 4.69) is 10.3 Å². The maximum atomic E-state index is 14.2. The summed E-state index contributed by atoms with van der Waals surface area (Å²) in [7, 11) is 0. The van der Waals surface area contributed by atoms with Gasteiger partial charge in [0.1, 0.15) is 23.1 Å². The van der Waals surface area contributed by atoms with Gasteiger partial charge in [-0.05, 0) is 51.5 Å². The minimum atomic E-state index is -3.29. The van der Waals surface area contributed by atoms with Crippen LogP contribution in [0.2, 0.25) is 5.02 Å². The predicted octanol–water partition coefficient (Wildman–Crippen LogP) is 4.75. The Morgan fingerprint density at radius 3 is 2.42 bits per heavy atom. The molecule has 2 atom stereocenters. The number of carbonyl (C=O) groups is 2. The van der Waals surface area contributed by atoms with Crippen molar-refractivity contribution in [1.29, 1.82) is 0 Å². The van der Waals surface area contributed by atoms with Crippen LogP contribution in [0.15, 0.2) is 41.2 Å². The van der Waals surface area contributed by atoms with Crippen LogP contribution in [0.3, 0.4) is 0 Å². The first-order valence-electron chi connectivity index (χ1n) is 11.5. The fourth-order valence-corrected chi connectivity index (χ4v) is 4.57. The molecule has 0 saturated carbocycles. The van der Waals surface area contributed by atoms with Crippen LogP contribution in [-0.4, -0.2) is 51.1 Å². The first-order valence-corrected chi connectivity index (χ1v) is 11.9. The van der Waals surface area contributed by atoms with Gasteiger partial charge in [0.15, 0.2) is 0 Å². The van der Waals surface area contributed by atoms with Gasteiger partial charge >= 0.3 is 12.5 Å². The fourth-order valence-electron chi connectivity index (χ4n) is 4.32. The Labute approximate surface area is 219 Å². The second-order valence-electron chi connectivity index (χ2n) is 9.76. The van der Waals surface area contributed by atoms with E-state index in [0.717, 1.165) is 21.6 Å². The lowest BCUT2D eigenvalue weighted by Gasteiger charge is -2.29. The largest absolute Gasteiger partial charge is 0.444 e. The number of likely N-dealkylation sites (tertiary alicyclic amines) is 1. The SMILES string of the molecule is CC(C)(C)OC(=O)N1CC(NC(=O)C(F)F)CC1c1nc2cccc(Cl)c2c(=O)n1-c1cc(F)cc(F)c1. The van der Waals surface area contributed by atoms with Gasteiger partial charge in [-0.2, -0.15) is 8.78 Å². The van der Waals surface area contributed by atoms with Crippen LogP contribution in [0.25, 0.3) is 16.6 Å². The van der Waals surface area contributed by atoms with E-state index >= 15 is 0 Å². The molecule has 1 aliphatic rings. The Balaban J connectivity index is 1.94. The van der Waals surface area contributed by atoms with Crippen molar-refractivity contribution in [2.45, 2.75) is 51.3 Å². The lowest BCUT2D eigenvalue weighted by atomic mass is 10.1. The Hall–Kier alpha value is -3.67. The maximum absolute atomic E-state index is 14.2. The molecule has 0 bridgehead atoms. The quantitative estimate of drug-likeness (QED) is 0.470. The summed E-state index contributed by atoms with van der Waals surface area (Å²) >= 11 is 6.25. The third-order valence-corrected chi connectivity index (χ3v) is 6.06. The van der Waals surface area contributed by atoms with Crippen LogP contribution in [0.1, 0.15) is 39.1 Å². The number of ether oxygens (including phenoxy) is 1. The van der Waals surface area contributed by atoms with Crippen molar-refractivity contribution >= 4 is 34.5 Å². The van der Waals surface area contributed by atoms with Gasteiger partial charge in [-0.25, -0.2) is 18.6 Å². The van der Waals surface area contributed by atoms with Crippen LogP contribution in [-0.2, 0) is 9.53 Å². The molecule has 0 radical (unpaired) electrons. The van der Waals surface area contributed by atoms with E-state index in [9.17, 15) is 31.9 Å². The molecule has 13 heteroatoms. The van der Waals surface area contributed by atoms with Crippen molar-refractivity contribution < 1.29 is 31.9 Å². The van der Waals surface area contributed by atoms with Gasteiger partial charge < -0.3 is 10.1 Å². The van der Waals surface area contributed by atoms with Crippen LogP contribution in [0.5, 0.6) is 0 Å². The average molecular weight is 555 g/mol. The second kappa shape index (κ2) is 10.2. The van der Waals surface area contributed by atoms with Crippen molar-refractivity contribution in [3.63, 3.8) is 0 Å². The monoisotopic (exact) mass is 554 g/mol. The van der Waals surface area contributed by atoms with Crippen molar-refractivity contribution in [3.05, 3.63) is 69.2 Å². The number of carbonyl (C=O) groups excluding carboxylic acids is 2. The van der Waals surface area contributed by atoms with E-state index in [1.165, 1.54) is 12.1 Å². The number of hydrogen-bond acceptors (Lipinski definition) is 5. The Kier molecular flexibility index (Phi) is 7.37. The van der Waals surface area contributed by atoms with Gasteiger partial charge in [-0.15, -0.1) is 0 Å². The van der Waals surface area contributed by atoms with Gasteiger partial charge in [0.2, 0.25) is 0 Å². The molecule has 1 aromatic heterocycles. The number of fused-ring (bicyclic) bond motifs is 1. The molecule has 0 aliphatic carbocycles. The average Bonchev–Trinajstić information content (AvgIpc) is 3.20. The third-order valence-electron chi connectivity index (χ3n) is 5.75. The number of benzene rings is 2. The van der Waals surface area contributed by atoms with Crippen molar-refractivity contribution in [2.24, 2.45) is 0 Å². The summed E-state index contributed by atoms with van der Waals surface area (Å²) in [6.07, 6.45) is -4.30. The molecule has 1 saturated heterocycles. The van der Waals surface area contributed by atoms with E-state index in [4.69, 9.17) is 16.3 Å². The van der Waals surface area contributed by atoms with Crippen molar-refractivity contribution in [1.82, 2.24) is 19.8 Å². The first-order chi connectivity index (χ1) is 17.7. The number of aromatic nitrogens is 2. The standard InChI is InChI=1S/C25H23ClF4N4O4/c1-25(2,3)38-24(37)33-11-14(31-22(35)20(29)30)10-18(33)21-32-17-6-4-5-16(26)19(17)23(36)34(21)15-8-12(27)7-13(28)9-15/h4-9,14,18,20H,10-11H2,1-3H3,(H,31,35). The number of nitrogens with zero attached hydrogens (tertiary/aromatic N) is 3. The van der Waals surface area contributed by atoms with Gasteiger partial charge in [0.05, 0.1) is 27.7 Å². The van der Waals surface area contributed by atoms with Crippen LogP contribution in [0, 0.1) is 11.6 Å². The van der Waals surface area contributed by atoms with Crippen LogP contribution >= 0.6 is 11.6 Å². The molecule has 8 nitrogen and oxygen atoms in total. The second-order valence-corrected chi connectivity index (χ2v) is 10.2. The van der Waals surface area contributed by atoms with E-state index in [0.29, 0.717) is 6.07 Å². The molecule has 202 valence electrons. The highest BCUT2D eigenvalue weighted by Gasteiger charge is 2.42. The summed E-state index contributed by atoms with van der Waals surface area (Å²) in [5, 5.41) is 2.17. The van der Waals surface area contributed by atoms with Crippen molar-refractivity contribution in [3.8, 4) is 5.69 Å². The molecule has 2 unspecified atom stereocenters. The number of amides is 2. The summed E-state index contributed by atoms with van der Waals surface area (Å²) < 4.78 is 60.7. The number of nitrogens with one attached hydrogen (secondary N) is 1. The number of rotatable bonds is 4. The molecule has 3 aromatic rings.